The molecule has 1 aromatic heterocycles. The number of imidazole rings is 1. The van der Waals surface area contributed by atoms with Crippen LogP contribution in [-0.2, 0) is 17.8 Å². The van der Waals surface area contributed by atoms with Crippen LogP contribution in [0.1, 0.15) is 26.6 Å². The maximum atomic E-state index is 11.9. The third-order valence-corrected chi connectivity index (χ3v) is 2.81. The monoisotopic (exact) mass is 267 g/mol. The van der Waals surface area contributed by atoms with Gasteiger partial charge in [-0.3, -0.25) is 4.90 Å². The van der Waals surface area contributed by atoms with E-state index in [4.69, 9.17) is 4.74 Å². The van der Waals surface area contributed by atoms with Gasteiger partial charge in [-0.25, -0.2) is 9.78 Å². The summed E-state index contributed by atoms with van der Waals surface area (Å²) in [7, 11) is -1.55. The first-order valence-electron chi connectivity index (χ1n) is 6.16. The van der Waals surface area contributed by atoms with Crippen LogP contribution in [0.4, 0.5) is 4.79 Å². The smallest absolute Gasteiger partial charge is 0.444 e. The fourth-order valence-corrected chi connectivity index (χ4v) is 1.97. The van der Waals surface area contributed by atoms with Crippen molar-refractivity contribution >= 4 is 18.8 Å². The minimum Gasteiger partial charge on any atom is -0.444 e. The third kappa shape index (κ3) is 3.08. The molecule has 0 saturated carbocycles. The van der Waals surface area contributed by atoms with E-state index in [1.54, 1.807) is 9.47 Å². The molecule has 1 amide bonds. The minimum absolute atomic E-state index is 0.307. The van der Waals surface area contributed by atoms with Crippen LogP contribution in [0, 0.1) is 0 Å². The maximum absolute atomic E-state index is 11.9. The van der Waals surface area contributed by atoms with Gasteiger partial charge in [0.1, 0.15) is 11.4 Å². The predicted molar refractivity (Wildman–Crippen MR) is 68.7 cm³/mol. The lowest BCUT2D eigenvalue weighted by molar-refractivity contribution is 0.0196. The average molecular weight is 267 g/mol. The van der Waals surface area contributed by atoms with Crippen molar-refractivity contribution in [3.05, 3.63) is 12.0 Å². The largest absolute Gasteiger partial charge is 0.507 e. The molecule has 1 aliphatic rings. The zero-order valence-electron chi connectivity index (χ0n) is 11.3. The molecule has 0 radical (unpaired) electrons. The molecule has 1 aromatic rings. The van der Waals surface area contributed by atoms with Crippen molar-refractivity contribution in [1.29, 1.82) is 0 Å². The number of carbonyl (C=O) groups excluding carboxylic acids is 1. The first-order valence-corrected chi connectivity index (χ1v) is 6.16. The highest BCUT2D eigenvalue weighted by molar-refractivity contribution is 6.57. The Labute approximate surface area is 111 Å². The highest BCUT2D eigenvalue weighted by Crippen LogP contribution is 2.15. The Bertz CT molecular complexity index is 481. The topological polar surface area (TPSA) is 87.8 Å². The summed E-state index contributed by atoms with van der Waals surface area (Å²) in [6.07, 6.45) is 1.03. The van der Waals surface area contributed by atoms with Gasteiger partial charge in [0.25, 0.3) is 0 Å². The van der Waals surface area contributed by atoms with Gasteiger partial charge in [-0.05, 0) is 20.8 Å². The molecule has 0 fully saturated rings. The zero-order valence-corrected chi connectivity index (χ0v) is 11.3. The number of rotatable bonds is 1. The molecule has 2 rings (SSSR count). The third-order valence-electron chi connectivity index (χ3n) is 2.81. The molecule has 7 nitrogen and oxygen atoms in total. The Hall–Kier alpha value is -1.54. The number of fused-ring (bicyclic) bond motifs is 1. The molecular weight excluding hydrogens is 249 g/mol. The van der Waals surface area contributed by atoms with E-state index in [0.29, 0.717) is 31.1 Å². The van der Waals surface area contributed by atoms with Gasteiger partial charge in [-0.1, -0.05) is 0 Å². The second-order valence-corrected chi connectivity index (χ2v) is 5.53. The molecule has 0 bridgehead atoms. The van der Waals surface area contributed by atoms with Crippen molar-refractivity contribution < 1.29 is 19.6 Å². The molecule has 2 N–H and O–H groups in total. The Kier molecular flexibility index (Phi) is 3.55. The zero-order chi connectivity index (χ0) is 14.2. The summed E-state index contributed by atoms with van der Waals surface area (Å²) >= 11 is 0. The van der Waals surface area contributed by atoms with Gasteiger partial charge < -0.3 is 19.4 Å². The number of nitrogens with zero attached hydrogens (tertiary/aromatic N) is 3. The van der Waals surface area contributed by atoms with Crippen LogP contribution in [0.15, 0.2) is 6.20 Å². The second-order valence-electron chi connectivity index (χ2n) is 5.53. The van der Waals surface area contributed by atoms with Crippen LogP contribution >= 0.6 is 0 Å². The van der Waals surface area contributed by atoms with E-state index in [-0.39, 0.29) is 6.09 Å². The molecule has 0 spiro atoms. The highest BCUT2D eigenvalue weighted by atomic mass is 16.6. The van der Waals surface area contributed by atoms with Gasteiger partial charge in [-0.15, -0.1) is 0 Å². The van der Waals surface area contributed by atoms with Crippen molar-refractivity contribution in [3.8, 4) is 0 Å². The molecule has 0 aromatic carbocycles. The normalized spacial score (nSPS) is 15.1. The van der Waals surface area contributed by atoms with E-state index in [1.165, 1.54) is 6.20 Å². The quantitative estimate of drug-likeness (QED) is 0.658. The number of ether oxygens (including phenoxy) is 1. The van der Waals surface area contributed by atoms with Crippen molar-refractivity contribution in [3.63, 3.8) is 0 Å². The van der Waals surface area contributed by atoms with Crippen LogP contribution in [0.3, 0.4) is 0 Å². The molecule has 1 aliphatic heterocycles. The number of hydrogen-bond donors (Lipinski definition) is 2. The van der Waals surface area contributed by atoms with E-state index in [0.717, 1.165) is 0 Å². The summed E-state index contributed by atoms with van der Waals surface area (Å²) in [5.74, 6) is 0.625. The van der Waals surface area contributed by atoms with Crippen molar-refractivity contribution in [2.45, 2.75) is 39.5 Å². The molecule has 0 atom stereocenters. The predicted octanol–water partition coefficient (Wildman–Crippen LogP) is -0.686. The first-order chi connectivity index (χ1) is 8.78. The van der Waals surface area contributed by atoms with Crippen LogP contribution in [0.25, 0.3) is 0 Å². The molecular formula is C11H18BN3O4. The van der Waals surface area contributed by atoms with Crippen molar-refractivity contribution in [2.75, 3.05) is 6.54 Å². The first kappa shape index (κ1) is 13.9. The summed E-state index contributed by atoms with van der Waals surface area (Å²) in [5.41, 5.74) is -0.185. The fraction of sp³-hybridized carbons (Fsp3) is 0.636. The van der Waals surface area contributed by atoms with Crippen LogP contribution < -0.4 is 5.59 Å². The van der Waals surface area contributed by atoms with Crippen LogP contribution in [0.2, 0.25) is 0 Å². The highest BCUT2D eigenvalue weighted by Gasteiger charge is 2.29. The Morgan fingerprint density at radius 1 is 1.42 bits per heavy atom. The van der Waals surface area contributed by atoms with Crippen molar-refractivity contribution in [2.24, 2.45) is 0 Å². The molecule has 0 saturated heterocycles. The Balaban J connectivity index is 2.09. The van der Waals surface area contributed by atoms with Gasteiger partial charge in [0, 0.05) is 19.3 Å². The van der Waals surface area contributed by atoms with Gasteiger partial charge in [0.2, 0.25) is 0 Å². The SMILES string of the molecule is CC(C)(C)OC(=O)N1CCn2c(B(O)O)cnc2C1. The van der Waals surface area contributed by atoms with Gasteiger partial charge in [-0.2, -0.15) is 0 Å². The maximum Gasteiger partial charge on any atom is 0.507 e. The lowest BCUT2D eigenvalue weighted by atomic mass is 9.86. The summed E-state index contributed by atoms with van der Waals surface area (Å²) in [6.45, 7) is 6.68. The minimum atomic E-state index is -1.55. The van der Waals surface area contributed by atoms with Crippen LogP contribution in [0.5, 0.6) is 0 Å². The number of hydrogen-bond acceptors (Lipinski definition) is 5. The van der Waals surface area contributed by atoms with E-state index in [2.05, 4.69) is 4.98 Å². The summed E-state index contributed by atoms with van der Waals surface area (Å²) < 4.78 is 7.01. The lowest BCUT2D eigenvalue weighted by Gasteiger charge is -2.30. The second kappa shape index (κ2) is 4.86. The van der Waals surface area contributed by atoms with E-state index in [1.807, 2.05) is 20.8 Å². The van der Waals surface area contributed by atoms with Gasteiger partial charge in [0.05, 0.1) is 12.1 Å². The Morgan fingerprint density at radius 3 is 2.68 bits per heavy atom. The molecule has 8 heteroatoms. The number of aromatic nitrogens is 2. The van der Waals surface area contributed by atoms with E-state index >= 15 is 0 Å². The van der Waals surface area contributed by atoms with Crippen molar-refractivity contribution in [1.82, 2.24) is 14.5 Å². The lowest BCUT2D eigenvalue weighted by Crippen LogP contribution is -2.45. The summed E-state index contributed by atoms with van der Waals surface area (Å²) in [5, 5.41) is 18.4. The molecule has 0 unspecified atom stereocenters. The Morgan fingerprint density at radius 2 is 2.11 bits per heavy atom. The number of amides is 1. The van der Waals surface area contributed by atoms with E-state index in [9.17, 15) is 14.8 Å². The molecule has 2 heterocycles. The van der Waals surface area contributed by atoms with Gasteiger partial charge >= 0.3 is 13.2 Å². The van der Waals surface area contributed by atoms with Gasteiger partial charge in [0.15, 0.2) is 0 Å². The fourth-order valence-electron chi connectivity index (χ4n) is 1.97. The van der Waals surface area contributed by atoms with E-state index < -0.39 is 12.7 Å². The summed E-state index contributed by atoms with van der Waals surface area (Å²) in [6, 6.07) is 0. The molecule has 104 valence electrons. The average Bonchev–Trinajstić information content (AvgIpc) is 2.68. The summed E-state index contributed by atoms with van der Waals surface area (Å²) in [4.78, 5) is 17.6. The van der Waals surface area contributed by atoms with Crippen LogP contribution in [-0.4, -0.2) is 49.9 Å². The number of carbonyl (C=O) groups is 1. The molecule has 0 aliphatic carbocycles. The molecule has 19 heavy (non-hydrogen) atoms. The standard InChI is InChI=1S/C11H18BN3O4/c1-11(2,3)19-10(16)14-4-5-15-8(12(17)18)6-13-9(15)7-14/h6,17-18H,4-5,7H2,1-3H3.